The molecule has 426 valence electrons. The van der Waals surface area contributed by atoms with Gasteiger partial charge in [0.05, 0.1) is 0 Å². The normalized spacial score (nSPS) is 12.6. The standard InChI is InChI=1S/C68H118O6/c1-4-7-10-13-16-18-20-22-24-26-28-30-32-34-36-38-40-42-44-46-48-50-52-55-58-61-67(70)73-64-65(63-72-66(69)60-57-54-15-12-9-6-3)74-68(71)62-59-56-53-51-49-47-45-43-41-39-37-35-33-31-29-27-25-23-21-19-17-14-11-8-5-2/h7,10,16,18,22,24,28,30,34,36,40,42,46,48,65H,4-6,8-9,11-15,17,19-21,23,25-27,29,31-33,35,37-39,41,43-45,47,49-64H2,1-3H3/b10-7-,18-16-,24-22-,30-28-,36-34-,42-40-,48-46-. The van der Waals surface area contributed by atoms with Crippen LogP contribution in [0.3, 0.4) is 0 Å². The second-order valence-electron chi connectivity index (χ2n) is 21.0. The SMILES string of the molecule is CC/C=C\C/C=C\C/C=C\C/C=C\C/C=C\C/C=C\C/C=C\CCCCCC(=O)OCC(COC(=O)CCCCCCCC)OC(=O)CCCCCCCCCCCCCCCCCCCCCCCCCCC. The minimum Gasteiger partial charge on any atom is -0.462 e. The van der Waals surface area contributed by atoms with E-state index in [0.29, 0.717) is 19.3 Å². The van der Waals surface area contributed by atoms with Gasteiger partial charge < -0.3 is 14.2 Å². The van der Waals surface area contributed by atoms with E-state index in [1.54, 1.807) is 0 Å². The largest absolute Gasteiger partial charge is 0.462 e. The topological polar surface area (TPSA) is 78.9 Å². The fourth-order valence-electron chi connectivity index (χ4n) is 8.95. The molecule has 0 bridgehead atoms. The van der Waals surface area contributed by atoms with E-state index in [1.807, 2.05) is 0 Å². The van der Waals surface area contributed by atoms with Gasteiger partial charge in [-0.05, 0) is 77.0 Å². The number of rotatable bonds is 57. The Morgan fingerprint density at radius 3 is 0.824 bits per heavy atom. The summed E-state index contributed by atoms with van der Waals surface area (Å²) in [5.74, 6) is -0.918. The third kappa shape index (κ3) is 59.5. The molecule has 0 aliphatic carbocycles. The number of carbonyl (C=O) groups excluding carboxylic acids is 3. The highest BCUT2D eigenvalue weighted by Crippen LogP contribution is 2.17. The number of esters is 3. The van der Waals surface area contributed by atoms with Gasteiger partial charge in [0, 0.05) is 19.3 Å². The van der Waals surface area contributed by atoms with Crippen LogP contribution in [-0.2, 0) is 28.6 Å². The first-order valence-corrected chi connectivity index (χ1v) is 31.6. The minimum absolute atomic E-state index is 0.0852. The first kappa shape index (κ1) is 70.6. The summed E-state index contributed by atoms with van der Waals surface area (Å²) in [7, 11) is 0. The van der Waals surface area contributed by atoms with E-state index in [2.05, 4.69) is 106 Å². The summed E-state index contributed by atoms with van der Waals surface area (Å²) in [5.41, 5.74) is 0. The molecule has 0 saturated carbocycles. The summed E-state index contributed by atoms with van der Waals surface area (Å²) in [6.07, 6.45) is 82.0. The van der Waals surface area contributed by atoms with Gasteiger partial charge in [-0.2, -0.15) is 0 Å². The number of ether oxygens (including phenoxy) is 3. The molecular weight excluding hydrogens is 913 g/mol. The van der Waals surface area contributed by atoms with E-state index < -0.39 is 6.10 Å². The van der Waals surface area contributed by atoms with Gasteiger partial charge >= 0.3 is 17.9 Å². The zero-order valence-corrected chi connectivity index (χ0v) is 48.8. The molecule has 0 heterocycles. The Hall–Kier alpha value is -3.41. The highest BCUT2D eigenvalue weighted by atomic mass is 16.6. The molecule has 0 saturated heterocycles. The Balaban J connectivity index is 4.15. The van der Waals surface area contributed by atoms with Crippen molar-refractivity contribution < 1.29 is 28.6 Å². The second kappa shape index (κ2) is 62.1. The van der Waals surface area contributed by atoms with Gasteiger partial charge in [0.15, 0.2) is 6.10 Å². The fourth-order valence-corrected chi connectivity index (χ4v) is 8.95. The highest BCUT2D eigenvalue weighted by molar-refractivity contribution is 5.71. The predicted octanol–water partition coefficient (Wildman–Crippen LogP) is 21.5. The Morgan fingerprint density at radius 2 is 0.527 bits per heavy atom. The van der Waals surface area contributed by atoms with Crippen LogP contribution >= 0.6 is 0 Å². The van der Waals surface area contributed by atoms with E-state index in [1.165, 1.54) is 161 Å². The number of carbonyl (C=O) groups is 3. The van der Waals surface area contributed by atoms with Crippen molar-refractivity contribution in [2.75, 3.05) is 13.2 Å². The van der Waals surface area contributed by atoms with Crippen LogP contribution in [0, 0.1) is 0 Å². The smallest absolute Gasteiger partial charge is 0.306 e. The lowest BCUT2D eigenvalue weighted by molar-refractivity contribution is -0.167. The van der Waals surface area contributed by atoms with Crippen molar-refractivity contribution in [2.45, 2.75) is 316 Å². The van der Waals surface area contributed by atoms with Crippen LogP contribution in [0.25, 0.3) is 0 Å². The molecule has 0 spiro atoms. The molecule has 0 aromatic rings. The molecule has 6 nitrogen and oxygen atoms in total. The Bertz CT molecular complexity index is 1420. The van der Waals surface area contributed by atoms with Crippen LogP contribution in [0.15, 0.2) is 85.1 Å². The number of hydrogen-bond acceptors (Lipinski definition) is 6. The van der Waals surface area contributed by atoms with Gasteiger partial charge in [0.25, 0.3) is 0 Å². The van der Waals surface area contributed by atoms with E-state index >= 15 is 0 Å². The van der Waals surface area contributed by atoms with Gasteiger partial charge in [-0.3, -0.25) is 14.4 Å². The lowest BCUT2D eigenvalue weighted by Crippen LogP contribution is -2.30. The summed E-state index contributed by atoms with van der Waals surface area (Å²) in [6, 6.07) is 0. The minimum atomic E-state index is -0.787. The average molecular weight is 1030 g/mol. The van der Waals surface area contributed by atoms with Crippen molar-refractivity contribution in [1.29, 1.82) is 0 Å². The highest BCUT2D eigenvalue weighted by Gasteiger charge is 2.19. The van der Waals surface area contributed by atoms with Gasteiger partial charge in [0.1, 0.15) is 13.2 Å². The lowest BCUT2D eigenvalue weighted by atomic mass is 10.0. The molecule has 0 aliphatic rings. The molecule has 1 atom stereocenters. The van der Waals surface area contributed by atoms with Crippen molar-refractivity contribution in [2.24, 2.45) is 0 Å². The summed E-state index contributed by atoms with van der Waals surface area (Å²) in [4.78, 5) is 38.0. The molecule has 6 heteroatoms. The molecule has 0 amide bonds. The molecule has 0 aromatic heterocycles. The molecule has 0 fully saturated rings. The van der Waals surface area contributed by atoms with E-state index in [-0.39, 0.29) is 31.1 Å². The third-order valence-electron chi connectivity index (χ3n) is 13.7. The monoisotopic (exact) mass is 1030 g/mol. The van der Waals surface area contributed by atoms with Gasteiger partial charge in [-0.25, -0.2) is 0 Å². The average Bonchev–Trinajstić information content (AvgIpc) is 3.40. The summed E-state index contributed by atoms with van der Waals surface area (Å²) in [5, 5.41) is 0. The lowest BCUT2D eigenvalue weighted by Gasteiger charge is -2.18. The summed E-state index contributed by atoms with van der Waals surface area (Å²) in [6.45, 7) is 6.47. The van der Waals surface area contributed by atoms with Crippen LogP contribution in [-0.4, -0.2) is 37.2 Å². The summed E-state index contributed by atoms with van der Waals surface area (Å²) >= 11 is 0. The zero-order chi connectivity index (χ0) is 53.6. The van der Waals surface area contributed by atoms with Crippen molar-refractivity contribution >= 4 is 17.9 Å². The number of allylic oxidation sites excluding steroid dienone is 14. The first-order chi connectivity index (χ1) is 36.5. The Morgan fingerprint density at radius 1 is 0.284 bits per heavy atom. The quantitative estimate of drug-likeness (QED) is 0.0261. The molecule has 0 N–H and O–H groups in total. The number of hydrogen-bond donors (Lipinski definition) is 0. The molecule has 74 heavy (non-hydrogen) atoms. The van der Waals surface area contributed by atoms with Gasteiger partial charge in [-0.15, -0.1) is 0 Å². The molecular formula is C68H118O6. The van der Waals surface area contributed by atoms with Crippen molar-refractivity contribution in [1.82, 2.24) is 0 Å². The zero-order valence-electron chi connectivity index (χ0n) is 48.8. The maximum atomic E-state index is 12.8. The molecule has 0 rings (SSSR count). The van der Waals surface area contributed by atoms with E-state index in [4.69, 9.17) is 14.2 Å². The van der Waals surface area contributed by atoms with Crippen LogP contribution in [0.4, 0.5) is 0 Å². The van der Waals surface area contributed by atoms with Crippen LogP contribution < -0.4 is 0 Å². The van der Waals surface area contributed by atoms with Crippen LogP contribution in [0.2, 0.25) is 0 Å². The third-order valence-corrected chi connectivity index (χ3v) is 13.7. The Labute approximate surface area is 458 Å². The maximum Gasteiger partial charge on any atom is 0.306 e. The fraction of sp³-hybridized carbons (Fsp3) is 0.750. The Kier molecular flexibility index (Phi) is 59.3. The second-order valence-corrected chi connectivity index (χ2v) is 21.0. The maximum absolute atomic E-state index is 12.8. The van der Waals surface area contributed by atoms with E-state index in [0.717, 1.165) is 109 Å². The van der Waals surface area contributed by atoms with Crippen LogP contribution in [0.5, 0.6) is 0 Å². The predicted molar refractivity (Wildman–Crippen MR) is 321 cm³/mol. The molecule has 0 aromatic carbocycles. The number of unbranched alkanes of at least 4 members (excludes halogenated alkanes) is 32. The van der Waals surface area contributed by atoms with Crippen LogP contribution in [0.1, 0.15) is 310 Å². The van der Waals surface area contributed by atoms with Gasteiger partial charge in [0.2, 0.25) is 0 Å². The van der Waals surface area contributed by atoms with Crippen molar-refractivity contribution in [3.8, 4) is 0 Å². The summed E-state index contributed by atoms with van der Waals surface area (Å²) < 4.78 is 16.8. The molecule has 0 radical (unpaired) electrons. The molecule has 0 aliphatic heterocycles. The van der Waals surface area contributed by atoms with Gasteiger partial charge in [-0.1, -0.05) is 298 Å². The van der Waals surface area contributed by atoms with Crippen molar-refractivity contribution in [3.63, 3.8) is 0 Å². The molecule has 1 unspecified atom stereocenters. The van der Waals surface area contributed by atoms with Crippen molar-refractivity contribution in [3.05, 3.63) is 85.1 Å². The van der Waals surface area contributed by atoms with E-state index in [9.17, 15) is 14.4 Å². The first-order valence-electron chi connectivity index (χ1n) is 31.6.